The molecule has 1 fully saturated rings. The van der Waals surface area contributed by atoms with E-state index in [1.54, 1.807) is 0 Å². The molecular formula is C17H27NS. The van der Waals surface area contributed by atoms with Crippen molar-refractivity contribution in [2.75, 3.05) is 12.8 Å². The van der Waals surface area contributed by atoms with Gasteiger partial charge in [-0.05, 0) is 55.2 Å². The van der Waals surface area contributed by atoms with E-state index in [4.69, 9.17) is 0 Å². The fourth-order valence-electron chi connectivity index (χ4n) is 3.40. The molecule has 2 rings (SSSR count). The fraction of sp³-hybridized carbons (Fsp3) is 0.647. The van der Waals surface area contributed by atoms with Gasteiger partial charge in [0.15, 0.2) is 0 Å². The van der Waals surface area contributed by atoms with Crippen LogP contribution in [0.4, 0.5) is 0 Å². The van der Waals surface area contributed by atoms with Crippen LogP contribution < -0.4 is 5.32 Å². The molecule has 1 aliphatic rings. The van der Waals surface area contributed by atoms with Gasteiger partial charge in [-0.2, -0.15) is 0 Å². The topological polar surface area (TPSA) is 12.0 Å². The summed E-state index contributed by atoms with van der Waals surface area (Å²) in [5, 5.41) is 3.55. The van der Waals surface area contributed by atoms with E-state index in [0.717, 1.165) is 17.6 Å². The molecule has 0 radical (unpaired) electrons. The molecule has 1 nitrogen and oxygen atoms in total. The molecule has 0 bridgehead atoms. The number of hydrogen-bond acceptors (Lipinski definition) is 2. The average Bonchev–Trinajstić information content (AvgIpc) is 2.42. The fourth-order valence-corrected chi connectivity index (χ4v) is 4.06. The summed E-state index contributed by atoms with van der Waals surface area (Å²) in [6, 6.07) is 9.72. The van der Waals surface area contributed by atoms with Crippen molar-refractivity contribution in [1.82, 2.24) is 5.32 Å². The highest BCUT2D eigenvalue weighted by atomic mass is 32.2. The van der Waals surface area contributed by atoms with Gasteiger partial charge >= 0.3 is 0 Å². The Morgan fingerprint density at radius 2 is 2.00 bits per heavy atom. The Hall–Kier alpha value is -0.470. The summed E-state index contributed by atoms with van der Waals surface area (Å²) in [5.74, 6) is 2.84. The highest BCUT2D eigenvalue weighted by molar-refractivity contribution is 7.99. The minimum atomic E-state index is 0.531. The second kappa shape index (κ2) is 7.35. The van der Waals surface area contributed by atoms with Gasteiger partial charge in [0.05, 0.1) is 0 Å². The number of rotatable bonds is 5. The van der Waals surface area contributed by atoms with Crippen molar-refractivity contribution in [1.29, 1.82) is 0 Å². The van der Waals surface area contributed by atoms with Crippen molar-refractivity contribution >= 4 is 11.8 Å². The van der Waals surface area contributed by atoms with Crippen LogP contribution in [-0.2, 0) is 0 Å². The molecule has 2 heteroatoms. The molecule has 1 N–H and O–H groups in total. The molecular weight excluding hydrogens is 250 g/mol. The van der Waals surface area contributed by atoms with Crippen LogP contribution >= 0.6 is 11.8 Å². The lowest BCUT2D eigenvalue weighted by atomic mass is 9.77. The van der Waals surface area contributed by atoms with Crippen LogP contribution in [0.25, 0.3) is 0 Å². The van der Waals surface area contributed by atoms with Crippen LogP contribution in [-0.4, -0.2) is 12.8 Å². The third kappa shape index (κ3) is 4.00. The van der Waals surface area contributed by atoms with Crippen molar-refractivity contribution in [3.05, 3.63) is 29.8 Å². The molecule has 1 aromatic rings. The maximum absolute atomic E-state index is 3.55. The van der Waals surface area contributed by atoms with Crippen LogP contribution in [0.5, 0.6) is 0 Å². The number of hydrogen-bond donors (Lipinski definition) is 1. The van der Waals surface area contributed by atoms with Gasteiger partial charge in [-0.25, -0.2) is 0 Å². The predicted molar refractivity (Wildman–Crippen MR) is 85.8 cm³/mol. The van der Waals surface area contributed by atoms with Crippen LogP contribution in [0.1, 0.15) is 51.1 Å². The summed E-state index contributed by atoms with van der Waals surface area (Å²) in [6.07, 6.45) is 5.56. The highest BCUT2D eigenvalue weighted by Gasteiger charge is 2.26. The first-order valence-corrected chi connectivity index (χ1v) is 8.63. The molecule has 0 saturated heterocycles. The Morgan fingerprint density at radius 3 is 2.58 bits per heavy atom. The van der Waals surface area contributed by atoms with Gasteiger partial charge in [-0.1, -0.05) is 38.8 Å². The van der Waals surface area contributed by atoms with E-state index < -0.39 is 0 Å². The van der Waals surface area contributed by atoms with Crippen LogP contribution in [0, 0.1) is 11.8 Å². The van der Waals surface area contributed by atoms with E-state index in [0.29, 0.717) is 6.04 Å². The third-order valence-corrected chi connectivity index (χ3v) is 5.20. The first kappa shape index (κ1) is 14.9. The molecule has 0 aromatic heterocycles. The van der Waals surface area contributed by atoms with Gasteiger partial charge in [-0.3, -0.25) is 0 Å². The molecule has 0 heterocycles. The Morgan fingerprint density at radius 1 is 1.26 bits per heavy atom. The molecule has 1 aliphatic carbocycles. The van der Waals surface area contributed by atoms with Crippen molar-refractivity contribution in [2.24, 2.45) is 11.8 Å². The lowest BCUT2D eigenvalue weighted by Gasteiger charge is -2.33. The monoisotopic (exact) mass is 277 g/mol. The van der Waals surface area contributed by atoms with Crippen LogP contribution in [0.2, 0.25) is 0 Å². The molecule has 106 valence electrons. The van der Waals surface area contributed by atoms with Crippen molar-refractivity contribution in [3.8, 4) is 0 Å². The van der Waals surface area contributed by atoms with E-state index in [1.165, 1.54) is 36.1 Å². The van der Waals surface area contributed by atoms with E-state index in [9.17, 15) is 0 Å². The maximum atomic E-state index is 3.55. The van der Waals surface area contributed by atoms with E-state index in [1.807, 2.05) is 11.8 Å². The smallest absolute Gasteiger partial charge is 0.0346 e. The van der Waals surface area contributed by atoms with Gasteiger partial charge in [0.1, 0.15) is 0 Å². The lowest BCUT2D eigenvalue weighted by molar-refractivity contribution is 0.230. The molecule has 0 spiro atoms. The maximum Gasteiger partial charge on any atom is 0.0346 e. The minimum absolute atomic E-state index is 0.531. The quantitative estimate of drug-likeness (QED) is 0.769. The standard InChI is InChI=1S/C17H27NS/c1-4-19-16-10-8-14(9-11-16)17(18-3)15-7-5-6-13(2)12-15/h8-11,13,15,17-18H,4-7,12H2,1-3H3. The van der Waals surface area contributed by atoms with E-state index in [2.05, 4.69) is 50.5 Å². The molecule has 0 aliphatic heterocycles. The summed E-state index contributed by atoms with van der Waals surface area (Å²) in [6.45, 7) is 4.61. The highest BCUT2D eigenvalue weighted by Crippen LogP contribution is 2.37. The van der Waals surface area contributed by atoms with Crippen molar-refractivity contribution < 1.29 is 0 Å². The summed E-state index contributed by atoms with van der Waals surface area (Å²) >= 11 is 1.92. The zero-order valence-electron chi connectivity index (χ0n) is 12.5. The van der Waals surface area contributed by atoms with Crippen molar-refractivity contribution in [3.63, 3.8) is 0 Å². The summed E-state index contributed by atoms with van der Waals surface area (Å²) in [4.78, 5) is 1.39. The number of thioether (sulfide) groups is 1. The zero-order chi connectivity index (χ0) is 13.7. The Balaban J connectivity index is 2.07. The normalized spacial score (nSPS) is 25.2. The van der Waals surface area contributed by atoms with Crippen molar-refractivity contribution in [2.45, 2.75) is 50.5 Å². The molecule has 3 atom stereocenters. The first-order valence-electron chi connectivity index (χ1n) is 7.64. The van der Waals surface area contributed by atoms with Gasteiger partial charge < -0.3 is 5.32 Å². The molecule has 19 heavy (non-hydrogen) atoms. The van der Waals surface area contributed by atoms with Gasteiger partial charge in [-0.15, -0.1) is 11.8 Å². The van der Waals surface area contributed by atoms with Gasteiger partial charge in [0, 0.05) is 10.9 Å². The molecule has 3 unspecified atom stereocenters. The largest absolute Gasteiger partial charge is 0.313 e. The Kier molecular flexibility index (Phi) is 5.77. The predicted octanol–water partition coefficient (Wildman–Crippen LogP) is 4.89. The molecule has 1 aromatic carbocycles. The number of benzene rings is 1. The number of nitrogens with one attached hydrogen (secondary N) is 1. The van der Waals surface area contributed by atoms with E-state index >= 15 is 0 Å². The van der Waals surface area contributed by atoms with Gasteiger partial charge in [0.25, 0.3) is 0 Å². The summed E-state index contributed by atoms with van der Waals surface area (Å²) in [5.41, 5.74) is 1.46. The van der Waals surface area contributed by atoms with Crippen LogP contribution in [0.15, 0.2) is 29.2 Å². The minimum Gasteiger partial charge on any atom is -0.313 e. The Labute approximate surface area is 122 Å². The second-order valence-corrected chi connectivity index (χ2v) is 7.14. The van der Waals surface area contributed by atoms with Crippen LogP contribution in [0.3, 0.4) is 0 Å². The molecule has 1 saturated carbocycles. The van der Waals surface area contributed by atoms with Gasteiger partial charge in [0.2, 0.25) is 0 Å². The third-order valence-electron chi connectivity index (χ3n) is 4.31. The summed E-state index contributed by atoms with van der Waals surface area (Å²) < 4.78 is 0. The zero-order valence-corrected chi connectivity index (χ0v) is 13.3. The lowest BCUT2D eigenvalue weighted by Crippen LogP contribution is -2.28. The summed E-state index contributed by atoms with van der Waals surface area (Å²) in [7, 11) is 2.11. The molecule has 0 amide bonds. The average molecular weight is 277 g/mol. The second-order valence-electron chi connectivity index (χ2n) is 5.80. The SMILES string of the molecule is CCSc1ccc(C(NC)C2CCCC(C)C2)cc1. The Bertz CT molecular complexity index is 373. The van der Waals surface area contributed by atoms with E-state index in [-0.39, 0.29) is 0 Å². The first-order chi connectivity index (χ1) is 9.24.